The second-order valence-corrected chi connectivity index (χ2v) is 10.5. The number of hydrogen-bond acceptors (Lipinski definition) is 3. The number of nitrogens with zero attached hydrogens (tertiary/aromatic N) is 3. The molecule has 0 spiro atoms. The first-order valence-electron chi connectivity index (χ1n) is 11.8. The van der Waals surface area contributed by atoms with Crippen molar-refractivity contribution in [3.63, 3.8) is 0 Å². The van der Waals surface area contributed by atoms with Crippen LogP contribution in [0.4, 0.5) is 0 Å². The van der Waals surface area contributed by atoms with Crippen molar-refractivity contribution in [2.75, 3.05) is 26.2 Å². The molecule has 0 aromatic carbocycles. The van der Waals surface area contributed by atoms with Crippen LogP contribution in [0.3, 0.4) is 0 Å². The second kappa shape index (κ2) is 8.39. The van der Waals surface area contributed by atoms with Crippen molar-refractivity contribution >= 4 is 11.0 Å². The van der Waals surface area contributed by atoms with Gasteiger partial charge in [0.25, 0.3) is 0 Å². The molecule has 2 fully saturated rings. The zero-order valence-corrected chi connectivity index (χ0v) is 19.1. The molecule has 4 heterocycles. The molecule has 4 heteroatoms. The normalized spacial score (nSPS) is 24.0. The van der Waals surface area contributed by atoms with Gasteiger partial charge in [-0.15, -0.1) is 0 Å². The van der Waals surface area contributed by atoms with Crippen molar-refractivity contribution in [2.24, 2.45) is 11.8 Å². The summed E-state index contributed by atoms with van der Waals surface area (Å²) in [5.41, 5.74) is 2.69. The molecule has 2 aromatic rings. The lowest BCUT2D eigenvalue weighted by atomic mass is 9.79. The lowest BCUT2D eigenvalue weighted by molar-refractivity contribution is 0.0325. The minimum atomic E-state index is 0.325. The third-order valence-corrected chi connectivity index (χ3v) is 7.99. The van der Waals surface area contributed by atoms with E-state index in [9.17, 15) is 0 Å². The number of H-pyrrole nitrogens is 1. The van der Waals surface area contributed by atoms with E-state index in [1.165, 1.54) is 62.9 Å². The van der Waals surface area contributed by atoms with Crippen molar-refractivity contribution < 1.29 is 0 Å². The SMILES string of the molecule is CC(CC1CCN(C(C)(C)C2CCN(C(C)C)CC2)C1)c1cc2cccnc2[nH]1. The molecule has 2 aromatic heterocycles. The van der Waals surface area contributed by atoms with Crippen LogP contribution in [0, 0.1) is 11.8 Å². The van der Waals surface area contributed by atoms with E-state index in [4.69, 9.17) is 0 Å². The van der Waals surface area contributed by atoms with Crippen LogP contribution in [0.25, 0.3) is 11.0 Å². The topological polar surface area (TPSA) is 35.2 Å². The Morgan fingerprint density at radius 2 is 1.90 bits per heavy atom. The molecule has 4 rings (SSSR count). The summed E-state index contributed by atoms with van der Waals surface area (Å²) in [5, 5.41) is 1.23. The highest BCUT2D eigenvalue weighted by Crippen LogP contribution is 2.38. The predicted octanol–water partition coefficient (Wildman–Crippen LogP) is 5.28. The van der Waals surface area contributed by atoms with Crippen LogP contribution in [0.5, 0.6) is 0 Å². The Kier molecular flexibility index (Phi) is 6.04. The Labute approximate surface area is 177 Å². The van der Waals surface area contributed by atoms with E-state index in [0.29, 0.717) is 17.5 Å². The maximum absolute atomic E-state index is 4.46. The number of hydrogen-bond donors (Lipinski definition) is 1. The van der Waals surface area contributed by atoms with Gasteiger partial charge in [-0.3, -0.25) is 4.90 Å². The molecule has 0 aliphatic carbocycles. The fraction of sp³-hybridized carbons (Fsp3) is 0.720. The van der Waals surface area contributed by atoms with E-state index in [1.807, 2.05) is 12.3 Å². The molecule has 0 radical (unpaired) electrons. The fourth-order valence-corrected chi connectivity index (χ4v) is 5.80. The highest BCUT2D eigenvalue weighted by atomic mass is 15.2. The zero-order valence-electron chi connectivity index (χ0n) is 19.1. The van der Waals surface area contributed by atoms with E-state index in [0.717, 1.165) is 17.5 Å². The van der Waals surface area contributed by atoms with Gasteiger partial charge in [-0.05, 0) is 109 Å². The Balaban J connectivity index is 1.33. The van der Waals surface area contributed by atoms with Gasteiger partial charge in [0.05, 0.1) is 0 Å². The predicted molar refractivity (Wildman–Crippen MR) is 122 cm³/mol. The summed E-state index contributed by atoms with van der Waals surface area (Å²) in [6.07, 6.45) is 7.19. The maximum Gasteiger partial charge on any atom is 0.137 e. The molecule has 1 N–H and O–H groups in total. The molecule has 160 valence electrons. The second-order valence-electron chi connectivity index (χ2n) is 10.5. The van der Waals surface area contributed by atoms with Crippen LogP contribution in [-0.4, -0.2) is 57.5 Å². The van der Waals surface area contributed by atoms with Crippen molar-refractivity contribution in [1.29, 1.82) is 0 Å². The molecular weight excluding hydrogens is 356 g/mol. The van der Waals surface area contributed by atoms with Crippen LogP contribution >= 0.6 is 0 Å². The molecular formula is C25H40N4. The molecule has 4 nitrogen and oxygen atoms in total. The Morgan fingerprint density at radius 1 is 1.14 bits per heavy atom. The molecule has 2 saturated heterocycles. The third-order valence-electron chi connectivity index (χ3n) is 7.99. The lowest BCUT2D eigenvalue weighted by Gasteiger charge is -2.46. The summed E-state index contributed by atoms with van der Waals surface area (Å²) in [7, 11) is 0. The highest BCUT2D eigenvalue weighted by molar-refractivity contribution is 5.76. The standard InChI is InChI=1S/C25H40N4/c1-18(2)28-12-9-22(10-13-28)25(4,5)29-14-8-20(17-29)15-19(3)23-16-21-7-6-11-26-24(21)27-23/h6-7,11,16,18-20,22H,8-10,12-15,17H2,1-5H3,(H,26,27). The molecule has 0 saturated carbocycles. The molecule has 2 unspecified atom stereocenters. The maximum atomic E-state index is 4.46. The van der Waals surface area contributed by atoms with Gasteiger partial charge in [0.1, 0.15) is 5.65 Å². The number of aromatic nitrogens is 2. The van der Waals surface area contributed by atoms with E-state index < -0.39 is 0 Å². The van der Waals surface area contributed by atoms with E-state index >= 15 is 0 Å². The average Bonchev–Trinajstić information content (AvgIpc) is 3.35. The van der Waals surface area contributed by atoms with Gasteiger partial charge < -0.3 is 9.88 Å². The Bertz CT molecular complexity index is 767. The summed E-state index contributed by atoms with van der Waals surface area (Å²) in [4.78, 5) is 13.5. The van der Waals surface area contributed by atoms with Crippen LogP contribution in [0.1, 0.15) is 71.9 Å². The minimum Gasteiger partial charge on any atom is -0.343 e. The summed E-state index contributed by atoms with van der Waals surface area (Å²) >= 11 is 0. The van der Waals surface area contributed by atoms with Gasteiger partial charge in [0.2, 0.25) is 0 Å². The summed E-state index contributed by atoms with van der Waals surface area (Å²) in [6, 6.07) is 7.16. The molecule has 0 amide bonds. The first kappa shape index (κ1) is 20.9. The van der Waals surface area contributed by atoms with Crippen LogP contribution < -0.4 is 0 Å². The first-order valence-corrected chi connectivity index (χ1v) is 11.8. The van der Waals surface area contributed by atoms with Crippen LogP contribution in [0.15, 0.2) is 24.4 Å². The van der Waals surface area contributed by atoms with Crippen molar-refractivity contribution in [1.82, 2.24) is 19.8 Å². The molecule has 2 aliphatic heterocycles. The van der Waals surface area contributed by atoms with Gasteiger partial charge >= 0.3 is 0 Å². The number of piperidine rings is 1. The molecule has 2 atom stereocenters. The van der Waals surface area contributed by atoms with Crippen molar-refractivity contribution in [3.05, 3.63) is 30.1 Å². The lowest BCUT2D eigenvalue weighted by Crippen LogP contribution is -2.52. The summed E-state index contributed by atoms with van der Waals surface area (Å²) in [6.45, 7) is 17.1. The molecule has 0 bridgehead atoms. The number of nitrogens with one attached hydrogen (secondary N) is 1. The average molecular weight is 397 g/mol. The third kappa shape index (κ3) is 4.39. The van der Waals surface area contributed by atoms with Crippen molar-refractivity contribution in [3.8, 4) is 0 Å². The van der Waals surface area contributed by atoms with Gasteiger partial charge in [0, 0.05) is 35.4 Å². The monoisotopic (exact) mass is 396 g/mol. The largest absolute Gasteiger partial charge is 0.343 e. The van der Waals surface area contributed by atoms with Gasteiger partial charge in [-0.25, -0.2) is 4.98 Å². The zero-order chi connectivity index (χ0) is 20.6. The number of pyridine rings is 1. The molecule has 29 heavy (non-hydrogen) atoms. The number of likely N-dealkylation sites (tertiary alicyclic amines) is 2. The summed E-state index contributed by atoms with van der Waals surface area (Å²) in [5.74, 6) is 2.19. The fourth-order valence-electron chi connectivity index (χ4n) is 5.80. The quantitative estimate of drug-likeness (QED) is 0.722. The van der Waals surface area contributed by atoms with Gasteiger partial charge in [-0.1, -0.05) is 6.92 Å². The molecule has 2 aliphatic rings. The first-order chi connectivity index (χ1) is 13.8. The smallest absolute Gasteiger partial charge is 0.137 e. The Hall–Kier alpha value is -1.39. The van der Waals surface area contributed by atoms with E-state index in [2.05, 4.69) is 66.5 Å². The number of rotatable bonds is 6. The van der Waals surface area contributed by atoms with Gasteiger partial charge in [-0.2, -0.15) is 0 Å². The number of fused-ring (bicyclic) bond motifs is 1. The highest BCUT2D eigenvalue weighted by Gasteiger charge is 2.40. The number of aromatic amines is 1. The van der Waals surface area contributed by atoms with Crippen molar-refractivity contribution in [2.45, 2.75) is 77.8 Å². The van der Waals surface area contributed by atoms with E-state index in [1.54, 1.807) is 0 Å². The van der Waals surface area contributed by atoms with Crippen LogP contribution in [-0.2, 0) is 0 Å². The Morgan fingerprint density at radius 3 is 2.59 bits per heavy atom. The van der Waals surface area contributed by atoms with Gasteiger partial charge in [0.15, 0.2) is 0 Å². The minimum absolute atomic E-state index is 0.325. The summed E-state index contributed by atoms with van der Waals surface area (Å²) < 4.78 is 0. The van der Waals surface area contributed by atoms with Crippen LogP contribution in [0.2, 0.25) is 0 Å². The van der Waals surface area contributed by atoms with E-state index in [-0.39, 0.29) is 0 Å².